The number of ether oxygens (including phenoxy) is 1. The van der Waals surface area contributed by atoms with Crippen molar-refractivity contribution in [3.8, 4) is 0 Å². The first kappa shape index (κ1) is 14.5. The van der Waals surface area contributed by atoms with Crippen molar-refractivity contribution in [1.29, 1.82) is 0 Å². The van der Waals surface area contributed by atoms with Gasteiger partial charge in [0.2, 0.25) is 0 Å². The Labute approximate surface area is 125 Å². The number of carbonyl (C=O) groups excluding carboxylic acids is 1. The molecule has 1 aromatic rings. The maximum Gasteiger partial charge on any atom is 0.257 e. The van der Waals surface area contributed by atoms with Gasteiger partial charge in [0.05, 0.1) is 30.5 Å². The molecule has 116 valence electrons. The summed E-state index contributed by atoms with van der Waals surface area (Å²) in [5.41, 5.74) is 1.54. The standard InChI is InChI=1S/C15H24N4O2/c1-4-18-8-14(11(2)16-18)15(20)19-6-12-5-17(3)7-13(19)10-21-9-12/h8,12-13H,4-7,9-10H2,1-3H3/t12-,13-/m0/s1. The molecule has 2 atom stereocenters. The number of aromatic nitrogens is 2. The van der Waals surface area contributed by atoms with Crippen LogP contribution in [0, 0.1) is 12.8 Å². The van der Waals surface area contributed by atoms with Gasteiger partial charge in [-0.25, -0.2) is 0 Å². The molecule has 0 aliphatic carbocycles. The number of likely N-dealkylation sites (N-methyl/N-ethyl adjacent to an activating group) is 1. The second kappa shape index (κ2) is 5.77. The van der Waals surface area contributed by atoms with Crippen LogP contribution in [0.5, 0.6) is 0 Å². The van der Waals surface area contributed by atoms with Crippen LogP contribution in [0.4, 0.5) is 0 Å². The summed E-state index contributed by atoms with van der Waals surface area (Å²) in [6.45, 7) is 8.76. The van der Waals surface area contributed by atoms with E-state index in [1.54, 1.807) is 0 Å². The lowest BCUT2D eigenvalue weighted by molar-refractivity contribution is 0.0483. The molecule has 6 nitrogen and oxygen atoms in total. The Morgan fingerprint density at radius 3 is 2.90 bits per heavy atom. The Morgan fingerprint density at radius 2 is 2.19 bits per heavy atom. The Balaban J connectivity index is 1.87. The van der Waals surface area contributed by atoms with Gasteiger partial charge in [-0.1, -0.05) is 0 Å². The number of carbonyl (C=O) groups is 1. The average Bonchev–Trinajstić information content (AvgIpc) is 2.60. The zero-order valence-corrected chi connectivity index (χ0v) is 13.1. The van der Waals surface area contributed by atoms with Crippen LogP contribution in [0.25, 0.3) is 0 Å². The molecule has 1 aromatic heterocycles. The highest BCUT2D eigenvalue weighted by Crippen LogP contribution is 2.22. The minimum Gasteiger partial charge on any atom is -0.379 e. The number of aryl methyl sites for hydroxylation is 2. The largest absolute Gasteiger partial charge is 0.379 e. The van der Waals surface area contributed by atoms with Gasteiger partial charge < -0.3 is 14.5 Å². The quantitative estimate of drug-likeness (QED) is 0.801. The summed E-state index contributed by atoms with van der Waals surface area (Å²) in [4.78, 5) is 17.3. The summed E-state index contributed by atoms with van der Waals surface area (Å²) in [6, 6.07) is 0.138. The average molecular weight is 292 g/mol. The third kappa shape index (κ3) is 2.82. The van der Waals surface area contributed by atoms with E-state index in [4.69, 9.17) is 4.74 Å². The Morgan fingerprint density at radius 1 is 1.38 bits per heavy atom. The van der Waals surface area contributed by atoms with Crippen LogP contribution >= 0.6 is 0 Å². The molecule has 0 N–H and O–H groups in total. The number of rotatable bonds is 2. The van der Waals surface area contributed by atoms with Crippen molar-refractivity contribution in [3.63, 3.8) is 0 Å². The number of hydrogen-bond donors (Lipinski definition) is 0. The van der Waals surface area contributed by atoms with Crippen molar-refractivity contribution in [2.75, 3.05) is 39.9 Å². The number of hydrogen-bond acceptors (Lipinski definition) is 4. The summed E-state index contributed by atoms with van der Waals surface area (Å²) in [5, 5.41) is 4.40. The maximum absolute atomic E-state index is 13.0. The van der Waals surface area contributed by atoms with Gasteiger partial charge in [-0.2, -0.15) is 5.10 Å². The van der Waals surface area contributed by atoms with Crippen molar-refractivity contribution in [3.05, 3.63) is 17.5 Å². The van der Waals surface area contributed by atoms with Crippen molar-refractivity contribution in [2.45, 2.75) is 26.4 Å². The lowest BCUT2D eigenvalue weighted by atomic mass is 10.1. The molecular formula is C15H24N4O2. The van der Waals surface area contributed by atoms with Gasteiger partial charge in [0.1, 0.15) is 0 Å². The first-order chi connectivity index (χ1) is 10.1. The Kier molecular flexibility index (Phi) is 3.99. The Bertz CT molecular complexity index is 528. The van der Waals surface area contributed by atoms with Crippen molar-refractivity contribution in [1.82, 2.24) is 19.6 Å². The summed E-state index contributed by atoms with van der Waals surface area (Å²) < 4.78 is 7.57. The van der Waals surface area contributed by atoms with Crippen LogP contribution in [0.2, 0.25) is 0 Å². The molecule has 21 heavy (non-hydrogen) atoms. The fraction of sp³-hybridized carbons (Fsp3) is 0.733. The smallest absolute Gasteiger partial charge is 0.257 e. The summed E-state index contributed by atoms with van der Waals surface area (Å²) in [6.07, 6.45) is 1.87. The van der Waals surface area contributed by atoms with E-state index in [1.807, 2.05) is 29.6 Å². The van der Waals surface area contributed by atoms with Gasteiger partial charge in [-0.05, 0) is 20.9 Å². The normalized spacial score (nSPS) is 26.7. The minimum atomic E-state index is 0.100. The monoisotopic (exact) mass is 292 g/mol. The molecular weight excluding hydrogens is 268 g/mol. The predicted molar refractivity (Wildman–Crippen MR) is 79.3 cm³/mol. The molecule has 2 aliphatic rings. The highest BCUT2D eigenvalue weighted by molar-refractivity contribution is 5.95. The molecule has 2 bridgehead atoms. The fourth-order valence-corrected chi connectivity index (χ4v) is 3.37. The van der Waals surface area contributed by atoms with Crippen molar-refractivity contribution >= 4 is 5.91 Å². The predicted octanol–water partition coefficient (Wildman–Crippen LogP) is 0.614. The summed E-state index contributed by atoms with van der Waals surface area (Å²) in [5.74, 6) is 0.496. The zero-order chi connectivity index (χ0) is 15.0. The summed E-state index contributed by atoms with van der Waals surface area (Å²) in [7, 11) is 2.12. The van der Waals surface area contributed by atoms with Gasteiger partial charge in [0, 0.05) is 38.3 Å². The van der Waals surface area contributed by atoms with E-state index in [0.29, 0.717) is 12.5 Å². The van der Waals surface area contributed by atoms with Crippen LogP contribution in [0.15, 0.2) is 6.20 Å². The zero-order valence-electron chi connectivity index (χ0n) is 13.1. The van der Waals surface area contributed by atoms with Crippen LogP contribution in [0.3, 0.4) is 0 Å². The van der Waals surface area contributed by atoms with Crippen LogP contribution in [-0.4, -0.2) is 71.4 Å². The first-order valence-electron chi connectivity index (χ1n) is 7.69. The van der Waals surface area contributed by atoms with E-state index >= 15 is 0 Å². The molecule has 0 spiro atoms. The number of nitrogens with zero attached hydrogens (tertiary/aromatic N) is 4. The van der Waals surface area contributed by atoms with E-state index in [1.165, 1.54) is 0 Å². The molecule has 0 unspecified atom stereocenters. The Hall–Kier alpha value is -1.40. The lowest BCUT2D eigenvalue weighted by Gasteiger charge is -2.29. The lowest BCUT2D eigenvalue weighted by Crippen LogP contribution is -2.46. The molecule has 1 amide bonds. The molecule has 2 fully saturated rings. The topological polar surface area (TPSA) is 50.6 Å². The molecule has 3 heterocycles. The second-order valence-electron chi connectivity index (χ2n) is 6.22. The van der Waals surface area contributed by atoms with Crippen LogP contribution < -0.4 is 0 Å². The van der Waals surface area contributed by atoms with Gasteiger partial charge in [0.25, 0.3) is 5.91 Å². The molecule has 0 saturated carbocycles. The number of amides is 1. The van der Waals surface area contributed by atoms with Gasteiger partial charge >= 0.3 is 0 Å². The van der Waals surface area contributed by atoms with Crippen LogP contribution in [-0.2, 0) is 11.3 Å². The van der Waals surface area contributed by atoms with Gasteiger partial charge in [-0.3, -0.25) is 9.48 Å². The van der Waals surface area contributed by atoms with E-state index in [2.05, 4.69) is 17.0 Å². The second-order valence-corrected chi connectivity index (χ2v) is 6.22. The van der Waals surface area contributed by atoms with Gasteiger partial charge in [0.15, 0.2) is 0 Å². The molecule has 6 heteroatoms. The van der Waals surface area contributed by atoms with E-state index < -0.39 is 0 Å². The fourth-order valence-electron chi connectivity index (χ4n) is 3.37. The third-order valence-electron chi connectivity index (χ3n) is 4.41. The highest BCUT2D eigenvalue weighted by atomic mass is 16.5. The van der Waals surface area contributed by atoms with Crippen molar-refractivity contribution < 1.29 is 9.53 Å². The highest BCUT2D eigenvalue weighted by Gasteiger charge is 2.35. The third-order valence-corrected chi connectivity index (χ3v) is 4.41. The molecule has 2 aliphatic heterocycles. The van der Waals surface area contributed by atoms with E-state index in [9.17, 15) is 4.79 Å². The summed E-state index contributed by atoms with van der Waals surface area (Å²) >= 11 is 0. The van der Waals surface area contributed by atoms with E-state index in [-0.39, 0.29) is 11.9 Å². The van der Waals surface area contributed by atoms with Crippen LogP contribution in [0.1, 0.15) is 23.0 Å². The maximum atomic E-state index is 13.0. The molecule has 0 radical (unpaired) electrons. The van der Waals surface area contributed by atoms with Crippen molar-refractivity contribution in [2.24, 2.45) is 5.92 Å². The van der Waals surface area contributed by atoms with Gasteiger partial charge in [-0.15, -0.1) is 0 Å². The molecule has 3 rings (SSSR count). The first-order valence-corrected chi connectivity index (χ1v) is 7.69. The van der Waals surface area contributed by atoms with E-state index in [0.717, 1.165) is 44.0 Å². The number of fused-ring (bicyclic) bond motifs is 3. The minimum absolute atomic E-state index is 0.100. The molecule has 0 aromatic carbocycles. The SMILES string of the molecule is CCn1cc(C(=O)N2C[C@H]3COC[C@@H]2CN(C)C3)c(C)n1. The molecule has 2 saturated heterocycles.